The van der Waals surface area contributed by atoms with Gasteiger partial charge in [-0.25, -0.2) is 4.79 Å². The quantitative estimate of drug-likeness (QED) is 0.463. The van der Waals surface area contributed by atoms with E-state index in [2.05, 4.69) is 5.32 Å². The average molecular weight is 475 g/mol. The fourth-order valence-electron chi connectivity index (χ4n) is 4.22. The third-order valence-electron chi connectivity index (χ3n) is 5.98. The van der Waals surface area contributed by atoms with Crippen LogP contribution in [0.3, 0.4) is 0 Å². The van der Waals surface area contributed by atoms with Gasteiger partial charge in [0.25, 0.3) is 0 Å². The van der Waals surface area contributed by atoms with Crippen molar-refractivity contribution in [3.63, 3.8) is 0 Å². The van der Waals surface area contributed by atoms with Gasteiger partial charge >= 0.3 is 5.97 Å². The van der Waals surface area contributed by atoms with Gasteiger partial charge in [0, 0.05) is 32.1 Å². The summed E-state index contributed by atoms with van der Waals surface area (Å²) in [6.07, 6.45) is 1.73. The molecule has 1 aliphatic heterocycles. The van der Waals surface area contributed by atoms with Crippen LogP contribution in [0.15, 0.2) is 78.9 Å². The number of carbonyl (C=O) groups is 2. The Bertz CT molecular complexity index is 1120. The molecule has 0 radical (unpaired) electrons. The number of benzene rings is 3. The van der Waals surface area contributed by atoms with E-state index in [1.807, 2.05) is 71.6 Å². The molecule has 4 rings (SSSR count). The highest BCUT2D eigenvalue weighted by Crippen LogP contribution is 2.26. The number of carboxylic acid groups (broad SMARTS) is 1. The molecular formula is C28H30N2O5. The molecule has 0 unspecified atom stereocenters. The molecule has 0 bridgehead atoms. The molecule has 3 aromatic carbocycles. The van der Waals surface area contributed by atoms with Crippen LogP contribution in [0.1, 0.15) is 17.5 Å². The van der Waals surface area contributed by atoms with E-state index in [9.17, 15) is 9.59 Å². The van der Waals surface area contributed by atoms with Crippen molar-refractivity contribution >= 4 is 11.9 Å². The molecule has 1 aliphatic rings. The van der Waals surface area contributed by atoms with E-state index in [4.69, 9.17) is 14.6 Å². The average Bonchev–Trinajstić information content (AvgIpc) is 2.88. The number of ether oxygens (including phenoxy) is 2. The number of hydrogen-bond donors (Lipinski definition) is 2. The predicted octanol–water partition coefficient (Wildman–Crippen LogP) is 3.92. The van der Waals surface area contributed by atoms with Crippen LogP contribution < -0.4 is 14.8 Å². The van der Waals surface area contributed by atoms with E-state index in [1.54, 1.807) is 12.1 Å². The predicted molar refractivity (Wildman–Crippen MR) is 133 cm³/mol. The van der Waals surface area contributed by atoms with Gasteiger partial charge in [-0.05, 0) is 54.3 Å². The number of piperazine rings is 1. The van der Waals surface area contributed by atoms with Crippen molar-refractivity contribution in [2.45, 2.75) is 25.3 Å². The Morgan fingerprint density at radius 2 is 1.69 bits per heavy atom. The lowest BCUT2D eigenvalue weighted by Gasteiger charge is -2.36. The van der Waals surface area contributed by atoms with E-state index in [-0.39, 0.29) is 18.6 Å². The van der Waals surface area contributed by atoms with Crippen molar-refractivity contribution in [1.82, 2.24) is 10.2 Å². The first-order chi connectivity index (χ1) is 17.1. The Balaban J connectivity index is 1.36. The maximum atomic E-state index is 13.2. The maximum absolute atomic E-state index is 13.2. The first kappa shape index (κ1) is 24.3. The lowest BCUT2D eigenvalue weighted by atomic mass is 10.0. The lowest BCUT2D eigenvalue weighted by molar-refractivity contribution is -0.139. The lowest BCUT2D eigenvalue weighted by Crippen LogP contribution is -2.54. The summed E-state index contributed by atoms with van der Waals surface area (Å²) >= 11 is 0. The van der Waals surface area contributed by atoms with Gasteiger partial charge in [-0.3, -0.25) is 4.79 Å². The highest BCUT2D eigenvalue weighted by atomic mass is 16.5. The SMILES string of the molecule is O=C(O)COc1ccc(C[C@@H]2CNCCN2C(=O)CCc2ccccc2Oc2ccccc2)cc1. The largest absolute Gasteiger partial charge is 0.482 e. The monoisotopic (exact) mass is 474 g/mol. The molecule has 1 amide bonds. The summed E-state index contributed by atoms with van der Waals surface area (Å²) in [7, 11) is 0. The minimum absolute atomic E-state index is 0.0536. The Hall–Kier alpha value is -3.84. The van der Waals surface area contributed by atoms with E-state index < -0.39 is 5.97 Å². The Morgan fingerprint density at radius 1 is 0.943 bits per heavy atom. The Morgan fingerprint density at radius 3 is 2.46 bits per heavy atom. The topological polar surface area (TPSA) is 88.1 Å². The van der Waals surface area contributed by atoms with Gasteiger partial charge in [-0.15, -0.1) is 0 Å². The second kappa shape index (κ2) is 12.0. The molecule has 1 fully saturated rings. The molecule has 182 valence electrons. The van der Waals surface area contributed by atoms with Gasteiger partial charge in [0.2, 0.25) is 5.91 Å². The van der Waals surface area contributed by atoms with Crippen molar-refractivity contribution in [2.24, 2.45) is 0 Å². The van der Waals surface area contributed by atoms with Crippen LogP contribution in [0.4, 0.5) is 0 Å². The first-order valence-electron chi connectivity index (χ1n) is 11.8. The smallest absolute Gasteiger partial charge is 0.341 e. The van der Waals surface area contributed by atoms with Crippen LogP contribution in [0, 0.1) is 0 Å². The summed E-state index contributed by atoms with van der Waals surface area (Å²) < 4.78 is 11.3. The number of nitrogens with zero attached hydrogens (tertiary/aromatic N) is 1. The zero-order valence-corrected chi connectivity index (χ0v) is 19.6. The second-order valence-electron chi connectivity index (χ2n) is 8.50. The molecule has 0 spiro atoms. The standard InChI is InChI=1S/C28H30N2O5/c31-27(15-12-22-6-4-5-9-26(22)35-25-7-2-1-3-8-25)30-17-16-29-19-23(30)18-21-10-13-24(14-11-21)34-20-28(32)33/h1-11,13-14,23,29H,12,15-20H2,(H,32,33)/t23-/m1/s1. The molecule has 35 heavy (non-hydrogen) atoms. The highest BCUT2D eigenvalue weighted by molar-refractivity contribution is 5.77. The maximum Gasteiger partial charge on any atom is 0.341 e. The third-order valence-corrected chi connectivity index (χ3v) is 5.98. The van der Waals surface area contributed by atoms with Crippen molar-refractivity contribution < 1.29 is 24.2 Å². The molecule has 7 heteroatoms. The molecule has 1 heterocycles. The molecule has 7 nitrogen and oxygen atoms in total. The molecule has 1 atom stereocenters. The number of carboxylic acids is 1. The number of aliphatic carboxylic acids is 1. The van der Waals surface area contributed by atoms with Gasteiger partial charge in [0.1, 0.15) is 17.2 Å². The molecule has 3 aromatic rings. The second-order valence-corrected chi connectivity index (χ2v) is 8.50. The Labute approximate surface area is 205 Å². The molecule has 0 aromatic heterocycles. The van der Waals surface area contributed by atoms with E-state index in [1.165, 1.54) is 0 Å². The highest BCUT2D eigenvalue weighted by Gasteiger charge is 2.26. The molecule has 1 saturated heterocycles. The van der Waals surface area contributed by atoms with E-state index >= 15 is 0 Å². The normalized spacial score (nSPS) is 15.4. The zero-order valence-electron chi connectivity index (χ0n) is 19.6. The number of aryl methyl sites for hydroxylation is 1. The number of rotatable bonds is 10. The van der Waals surface area contributed by atoms with Crippen LogP contribution in [0.25, 0.3) is 0 Å². The van der Waals surface area contributed by atoms with Gasteiger partial charge in [0.15, 0.2) is 6.61 Å². The van der Waals surface area contributed by atoms with Crippen molar-refractivity contribution in [1.29, 1.82) is 0 Å². The van der Waals surface area contributed by atoms with Gasteiger partial charge < -0.3 is 24.8 Å². The Kier molecular flexibility index (Phi) is 8.35. The number of hydrogen-bond acceptors (Lipinski definition) is 5. The van der Waals surface area contributed by atoms with Gasteiger partial charge in [-0.1, -0.05) is 48.5 Å². The molecular weight excluding hydrogens is 444 g/mol. The molecule has 0 aliphatic carbocycles. The van der Waals surface area contributed by atoms with Crippen molar-refractivity contribution in [3.05, 3.63) is 90.0 Å². The zero-order chi connectivity index (χ0) is 24.5. The van der Waals surface area contributed by atoms with E-state index in [0.717, 1.165) is 35.7 Å². The first-order valence-corrected chi connectivity index (χ1v) is 11.8. The number of amides is 1. The van der Waals surface area contributed by atoms with Crippen LogP contribution in [0.5, 0.6) is 17.2 Å². The van der Waals surface area contributed by atoms with E-state index in [0.29, 0.717) is 31.6 Å². The minimum atomic E-state index is -1.01. The van der Waals surface area contributed by atoms with Gasteiger partial charge in [-0.2, -0.15) is 0 Å². The minimum Gasteiger partial charge on any atom is -0.482 e. The third kappa shape index (κ3) is 7.07. The molecule has 0 saturated carbocycles. The summed E-state index contributed by atoms with van der Waals surface area (Å²) in [6, 6.07) is 24.9. The summed E-state index contributed by atoms with van der Waals surface area (Å²) in [5.74, 6) is 1.18. The summed E-state index contributed by atoms with van der Waals surface area (Å²) in [5.41, 5.74) is 2.08. The summed E-state index contributed by atoms with van der Waals surface area (Å²) in [4.78, 5) is 25.9. The van der Waals surface area contributed by atoms with Crippen LogP contribution in [-0.4, -0.2) is 54.2 Å². The van der Waals surface area contributed by atoms with Gasteiger partial charge in [0.05, 0.1) is 0 Å². The fourth-order valence-corrected chi connectivity index (χ4v) is 4.22. The molecule has 2 N–H and O–H groups in total. The summed E-state index contributed by atoms with van der Waals surface area (Å²) in [5, 5.41) is 12.1. The van der Waals surface area contributed by atoms with Crippen LogP contribution in [-0.2, 0) is 22.4 Å². The van der Waals surface area contributed by atoms with Crippen molar-refractivity contribution in [2.75, 3.05) is 26.2 Å². The van der Waals surface area contributed by atoms with Crippen LogP contribution >= 0.6 is 0 Å². The number of nitrogens with one attached hydrogen (secondary N) is 1. The van der Waals surface area contributed by atoms with Crippen molar-refractivity contribution in [3.8, 4) is 17.2 Å². The van der Waals surface area contributed by atoms with Crippen LogP contribution in [0.2, 0.25) is 0 Å². The number of para-hydroxylation sites is 2. The summed E-state index contributed by atoms with van der Waals surface area (Å²) in [6.45, 7) is 1.81. The number of carbonyl (C=O) groups excluding carboxylic acids is 1. The fraction of sp³-hybridized carbons (Fsp3) is 0.286.